The molecule has 0 atom stereocenters. The monoisotopic (exact) mass is 228 g/mol. The topological polar surface area (TPSA) is 34.9 Å². The molecule has 0 N–H and O–H groups in total. The lowest BCUT2D eigenvalue weighted by Crippen LogP contribution is -2.00. The first-order chi connectivity index (χ1) is 8.29. The Balaban J connectivity index is 1.96. The molecule has 0 aromatic carbocycles. The van der Waals surface area contributed by atoms with Crippen LogP contribution in [0.25, 0.3) is 0 Å². The summed E-state index contributed by atoms with van der Waals surface area (Å²) in [6.45, 7) is 2.74. The molecule has 2 heterocycles. The third-order valence-corrected chi connectivity index (χ3v) is 2.75. The van der Waals surface area contributed by atoms with Crippen LogP contribution in [-0.4, -0.2) is 15.3 Å². The van der Waals surface area contributed by atoms with Gasteiger partial charge in [-0.05, 0) is 18.2 Å². The fourth-order valence-electron chi connectivity index (χ4n) is 1.74. The maximum absolute atomic E-state index is 11.5. The highest BCUT2D eigenvalue weighted by Crippen LogP contribution is 2.06. The van der Waals surface area contributed by atoms with Crippen molar-refractivity contribution in [1.82, 2.24) is 9.55 Å². The molecule has 0 amide bonds. The second-order valence-electron chi connectivity index (χ2n) is 3.99. The molecule has 0 aliphatic carbocycles. The standard InChI is InChI=1S/C14H16N2O/c1-2-14(17)12-6-9-16(11-12)10-7-13-5-3-4-8-15-13/h3-6,8-9,11H,2,7,10H2,1H3. The third kappa shape index (κ3) is 3.03. The molecule has 0 aliphatic heterocycles. The van der Waals surface area contributed by atoms with Crippen LogP contribution in [0.4, 0.5) is 0 Å². The summed E-state index contributed by atoms with van der Waals surface area (Å²) in [6.07, 6.45) is 7.11. The van der Waals surface area contributed by atoms with Gasteiger partial charge >= 0.3 is 0 Å². The molecule has 2 aromatic rings. The second kappa shape index (κ2) is 5.43. The Morgan fingerprint density at radius 3 is 2.94 bits per heavy atom. The van der Waals surface area contributed by atoms with E-state index in [4.69, 9.17) is 0 Å². The normalized spacial score (nSPS) is 10.4. The molecule has 0 radical (unpaired) electrons. The smallest absolute Gasteiger partial charge is 0.164 e. The maximum atomic E-state index is 11.5. The van der Waals surface area contributed by atoms with Gasteiger partial charge in [0.25, 0.3) is 0 Å². The summed E-state index contributed by atoms with van der Waals surface area (Å²) >= 11 is 0. The van der Waals surface area contributed by atoms with Crippen LogP contribution < -0.4 is 0 Å². The summed E-state index contributed by atoms with van der Waals surface area (Å²) in [4.78, 5) is 15.7. The number of aromatic nitrogens is 2. The third-order valence-electron chi connectivity index (χ3n) is 2.75. The zero-order chi connectivity index (χ0) is 12.1. The predicted octanol–water partition coefficient (Wildman–Crippen LogP) is 2.72. The molecular formula is C14H16N2O. The number of hydrogen-bond acceptors (Lipinski definition) is 2. The van der Waals surface area contributed by atoms with Gasteiger partial charge in [0.05, 0.1) is 0 Å². The highest BCUT2D eigenvalue weighted by Gasteiger charge is 2.04. The number of ketones is 1. The Bertz CT molecular complexity index is 488. The maximum Gasteiger partial charge on any atom is 0.164 e. The lowest BCUT2D eigenvalue weighted by Gasteiger charge is -2.02. The molecule has 0 unspecified atom stereocenters. The molecule has 0 bridgehead atoms. The van der Waals surface area contributed by atoms with Crippen LogP contribution in [0.2, 0.25) is 0 Å². The van der Waals surface area contributed by atoms with E-state index in [1.54, 1.807) is 6.20 Å². The summed E-state index contributed by atoms with van der Waals surface area (Å²) < 4.78 is 2.04. The van der Waals surface area contributed by atoms with E-state index in [-0.39, 0.29) is 5.78 Å². The van der Waals surface area contributed by atoms with E-state index in [0.717, 1.165) is 24.2 Å². The van der Waals surface area contributed by atoms with E-state index >= 15 is 0 Å². The Labute approximate surface area is 101 Å². The molecule has 0 fully saturated rings. The molecule has 0 saturated carbocycles. The Morgan fingerprint density at radius 1 is 1.35 bits per heavy atom. The molecule has 17 heavy (non-hydrogen) atoms. The zero-order valence-electron chi connectivity index (χ0n) is 9.97. The van der Waals surface area contributed by atoms with Gasteiger partial charge in [-0.15, -0.1) is 0 Å². The van der Waals surface area contributed by atoms with Crippen molar-refractivity contribution >= 4 is 5.78 Å². The van der Waals surface area contributed by atoms with Crippen molar-refractivity contribution in [2.45, 2.75) is 26.3 Å². The first-order valence-electron chi connectivity index (χ1n) is 5.88. The average molecular weight is 228 g/mol. The van der Waals surface area contributed by atoms with Gasteiger partial charge in [-0.25, -0.2) is 0 Å². The van der Waals surface area contributed by atoms with Gasteiger partial charge in [-0.2, -0.15) is 0 Å². The number of carbonyl (C=O) groups is 1. The summed E-state index contributed by atoms with van der Waals surface area (Å²) in [7, 11) is 0. The lowest BCUT2D eigenvalue weighted by molar-refractivity contribution is 0.0988. The van der Waals surface area contributed by atoms with Gasteiger partial charge in [-0.3, -0.25) is 9.78 Å². The molecule has 0 saturated heterocycles. The van der Waals surface area contributed by atoms with Crippen molar-refractivity contribution in [2.24, 2.45) is 0 Å². The number of Topliss-reactive ketones (excluding diaryl/α,β-unsaturated/α-hetero) is 1. The van der Waals surface area contributed by atoms with Gasteiger partial charge in [-0.1, -0.05) is 13.0 Å². The minimum absolute atomic E-state index is 0.196. The van der Waals surface area contributed by atoms with E-state index in [1.807, 2.05) is 48.1 Å². The summed E-state index contributed by atoms with van der Waals surface area (Å²) in [6, 6.07) is 7.80. The van der Waals surface area contributed by atoms with Crippen molar-refractivity contribution in [3.05, 3.63) is 54.1 Å². The summed E-state index contributed by atoms with van der Waals surface area (Å²) in [5.41, 5.74) is 1.87. The molecule has 3 heteroatoms. The molecule has 0 aliphatic rings. The van der Waals surface area contributed by atoms with Crippen molar-refractivity contribution in [1.29, 1.82) is 0 Å². The molecule has 2 aromatic heterocycles. The van der Waals surface area contributed by atoms with Crippen LogP contribution in [0.3, 0.4) is 0 Å². The zero-order valence-corrected chi connectivity index (χ0v) is 9.97. The Morgan fingerprint density at radius 2 is 2.24 bits per heavy atom. The minimum Gasteiger partial charge on any atom is -0.353 e. The quantitative estimate of drug-likeness (QED) is 0.737. The number of rotatable bonds is 5. The SMILES string of the molecule is CCC(=O)c1ccn(CCc2ccccn2)c1. The van der Waals surface area contributed by atoms with Crippen LogP contribution in [-0.2, 0) is 13.0 Å². The Hall–Kier alpha value is -1.90. The number of carbonyl (C=O) groups excluding carboxylic acids is 1. The second-order valence-corrected chi connectivity index (χ2v) is 3.99. The van der Waals surface area contributed by atoms with E-state index in [9.17, 15) is 4.79 Å². The van der Waals surface area contributed by atoms with Gasteiger partial charge in [0.1, 0.15) is 0 Å². The minimum atomic E-state index is 0.196. The predicted molar refractivity (Wildman–Crippen MR) is 67.0 cm³/mol. The van der Waals surface area contributed by atoms with Crippen molar-refractivity contribution in [3.63, 3.8) is 0 Å². The molecular weight excluding hydrogens is 212 g/mol. The average Bonchev–Trinajstić information content (AvgIpc) is 2.85. The van der Waals surface area contributed by atoms with Crippen LogP contribution in [0.15, 0.2) is 42.9 Å². The Kier molecular flexibility index (Phi) is 3.70. The fourth-order valence-corrected chi connectivity index (χ4v) is 1.74. The summed E-state index contributed by atoms with van der Waals surface area (Å²) in [5, 5.41) is 0. The number of nitrogens with zero attached hydrogens (tertiary/aromatic N) is 2. The van der Waals surface area contributed by atoms with Crippen molar-refractivity contribution in [2.75, 3.05) is 0 Å². The van der Waals surface area contributed by atoms with Crippen molar-refractivity contribution in [3.8, 4) is 0 Å². The van der Waals surface area contributed by atoms with Crippen molar-refractivity contribution < 1.29 is 4.79 Å². The number of aryl methyl sites for hydroxylation is 2. The van der Waals surface area contributed by atoms with Crippen LogP contribution >= 0.6 is 0 Å². The van der Waals surface area contributed by atoms with E-state index in [1.165, 1.54) is 0 Å². The van der Waals surface area contributed by atoms with Crippen LogP contribution in [0.5, 0.6) is 0 Å². The van der Waals surface area contributed by atoms with Gasteiger partial charge in [0.2, 0.25) is 0 Å². The van der Waals surface area contributed by atoms with Gasteiger partial charge in [0, 0.05) is 49.2 Å². The highest BCUT2D eigenvalue weighted by molar-refractivity contribution is 5.95. The number of hydrogen-bond donors (Lipinski definition) is 0. The molecule has 0 spiro atoms. The van der Waals surface area contributed by atoms with Crippen LogP contribution in [0.1, 0.15) is 29.4 Å². The first-order valence-corrected chi connectivity index (χ1v) is 5.88. The van der Waals surface area contributed by atoms with Gasteiger partial charge < -0.3 is 4.57 Å². The first kappa shape index (κ1) is 11.6. The van der Waals surface area contributed by atoms with E-state index < -0.39 is 0 Å². The van der Waals surface area contributed by atoms with E-state index in [2.05, 4.69) is 4.98 Å². The number of pyridine rings is 1. The van der Waals surface area contributed by atoms with Gasteiger partial charge in [0.15, 0.2) is 5.78 Å². The fraction of sp³-hybridized carbons (Fsp3) is 0.286. The molecule has 88 valence electrons. The highest BCUT2D eigenvalue weighted by atomic mass is 16.1. The van der Waals surface area contributed by atoms with E-state index in [0.29, 0.717) is 6.42 Å². The van der Waals surface area contributed by atoms with Crippen LogP contribution in [0, 0.1) is 0 Å². The molecule has 2 rings (SSSR count). The summed E-state index contributed by atoms with van der Waals surface area (Å²) in [5.74, 6) is 0.196. The largest absolute Gasteiger partial charge is 0.353 e. The molecule has 3 nitrogen and oxygen atoms in total. The lowest BCUT2D eigenvalue weighted by atomic mass is 10.2.